The summed E-state index contributed by atoms with van der Waals surface area (Å²) in [4.78, 5) is 26.0. The molecule has 1 aliphatic heterocycles. The normalized spacial score (nSPS) is 38.6. The summed E-state index contributed by atoms with van der Waals surface area (Å²) >= 11 is 0. The Labute approximate surface area is 118 Å². The fourth-order valence-electron chi connectivity index (χ4n) is 4.11. The molecule has 110 valence electrons. The molecule has 3 rings (SSSR count). The third-order valence-corrected chi connectivity index (χ3v) is 5.03. The van der Waals surface area contributed by atoms with E-state index in [1.165, 1.54) is 0 Å². The molecule has 1 N–H and O–H groups in total. The number of hydrogen-bond donors (Lipinski definition) is 1. The van der Waals surface area contributed by atoms with Crippen molar-refractivity contribution in [1.82, 2.24) is 4.90 Å². The molecule has 3 aliphatic rings. The van der Waals surface area contributed by atoms with Crippen LogP contribution >= 0.6 is 0 Å². The van der Waals surface area contributed by atoms with E-state index >= 15 is 0 Å². The predicted molar refractivity (Wildman–Crippen MR) is 71.9 cm³/mol. The maximum absolute atomic E-state index is 12.7. The van der Waals surface area contributed by atoms with Gasteiger partial charge >= 0.3 is 5.97 Å². The molecule has 2 fully saturated rings. The van der Waals surface area contributed by atoms with Crippen LogP contribution in [0.25, 0.3) is 0 Å². The number of fused-ring (bicyclic) bond motifs is 2. The molecule has 2 aliphatic carbocycles. The van der Waals surface area contributed by atoms with E-state index in [4.69, 9.17) is 4.74 Å². The fraction of sp³-hybridized carbons (Fsp3) is 0.733. The van der Waals surface area contributed by atoms with Gasteiger partial charge in [-0.05, 0) is 24.7 Å². The number of hydrogen-bond acceptors (Lipinski definition) is 3. The van der Waals surface area contributed by atoms with E-state index in [0.29, 0.717) is 19.1 Å². The van der Waals surface area contributed by atoms with Crippen molar-refractivity contribution in [2.45, 2.75) is 12.8 Å². The lowest BCUT2D eigenvalue weighted by Crippen LogP contribution is -2.42. The van der Waals surface area contributed by atoms with Crippen molar-refractivity contribution in [2.24, 2.45) is 29.6 Å². The molecule has 1 amide bonds. The van der Waals surface area contributed by atoms with Crippen molar-refractivity contribution in [3.63, 3.8) is 0 Å². The molecule has 1 saturated heterocycles. The second kappa shape index (κ2) is 5.20. The first kappa shape index (κ1) is 13.6. The molecular weight excluding hydrogens is 258 g/mol. The Morgan fingerprint density at radius 1 is 1.30 bits per heavy atom. The fourth-order valence-corrected chi connectivity index (χ4v) is 4.11. The zero-order valence-corrected chi connectivity index (χ0v) is 11.7. The number of rotatable bonds is 4. The predicted octanol–water partition coefficient (Wildman–Crippen LogP) is 1.00. The number of carbonyl (C=O) groups excluding carboxylic acids is 1. The van der Waals surface area contributed by atoms with Gasteiger partial charge in [0.2, 0.25) is 5.91 Å². The lowest BCUT2D eigenvalue weighted by molar-refractivity contribution is -0.150. The third-order valence-electron chi connectivity index (χ3n) is 5.03. The van der Waals surface area contributed by atoms with Crippen LogP contribution < -0.4 is 0 Å². The van der Waals surface area contributed by atoms with Gasteiger partial charge in [0.25, 0.3) is 0 Å². The van der Waals surface area contributed by atoms with E-state index in [0.717, 1.165) is 19.4 Å². The highest BCUT2D eigenvalue weighted by molar-refractivity contribution is 5.87. The molecule has 0 radical (unpaired) electrons. The van der Waals surface area contributed by atoms with Crippen molar-refractivity contribution in [1.29, 1.82) is 0 Å². The van der Waals surface area contributed by atoms with Gasteiger partial charge in [0.05, 0.1) is 18.4 Å². The zero-order valence-electron chi connectivity index (χ0n) is 11.7. The summed E-state index contributed by atoms with van der Waals surface area (Å²) in [7, 11) is 1.67. The van der Waals surface area contributed by atoms with Gasteiger partial charge in [0, 0.05) is 26.1 Å². The number of allylic oxidation sites excluding steroid dienone is 2. The van der Waals surface area contributed by atoms with E-state index in [2.05, 4.69) is 0 Å². The van der Waals surface area contributed by atoms with E-state index < -0.39 is 11.9 Å². The van der Waals surface area contributed by atoms with E-state index in [-0.39, 0.29) is 23.7 Å². The maximum atomic E-state index is 12.7. The van der Waals surface area contributed by atoms with Crippen LogP contribution in [0.4, 0.5) is 0 Å². The minimum Gasteiger partial charge on any atom is -0.481 e. The van der Waals surface area contributed by atoms with Crippen LogP contribution in [0.3, 0.4) is 0 Å². The van der Waals surface area contributed by atoms with E-state index in [1.54, 1.807) is 7.11 Å². The highest BCUT2D eigenvalue weighted by atomic mass is 16.5. The van der Waals surface area contributed by atoms with Crippen molar-refractivity contribution < 1.29 is 19.4 Å². The number of amides is 1. The summed E-state index contributed by atoms with van der Waals surface area (Å²) < 4.78 is 5.14. The average molecular weight is 279 g/mol. The van der Waals surface area contributed by atoms with Crippen LogP contribution in [0.15, 0.2) is 12.2 Å². The lowest BCUT2D eigenvalue weighted by atomic mass is 9.82. The number of ether oxygens (including phenoxy) is 1. The van der Waals surface area contributed by atoms with E-state index in [9.17, 15) is 14.7 Å². The summed E-state index contributed by atoms with van der Waals surface area (Å²) in [6, 6.07) is 0. The molecule has 0 aromatic rings. The number of carboxylic acids is 1. The van der Waals surface area contributed by atoms with Gasteiger partial charge in [-0.25, -0.2) is 0 Å². The smallest absolute Gasteiger partial charge is 0.307 e. The average Bonchev–Trinajstić information content (AvgIpc) is 3.12. The Kier molecular flexibility index (Phi) is 3.54. The summed E-state index contributed by atoms with van der Waals surface area (Å²) in [6.45, 7) is 2.11. The summed E-state index contributed by atoms with van der Waals surface area (Å²) in [5, 5.41) is 9.41. The number of likely N-dealkylation sites (tertiary alicyclic amines) is 1. The minimum atomic E-state index is -0.826. The first-order valence-electron chi connectivity index (χ1n) is 7.30. The quantitative estimate of drug-likeness (QED) is 0.780. The Morgan fingerprint density at radius 2 is 2.00 bits per heavy atom. The van der Waals surface area contributed by atoms with Crippen molar-refractivity contribution in [3.8, 4) is 0 Å². The van der Waals surface area contributed by atoms with Crippen LogP contribution in [0, 0.1) is 29.6 Å². The second-order valence-corrected chi connectivity index (χ2v) is 6.23. The molecule has 0 spiro atoms. The Hall–Kier alpha value is -1.36. The number of carboxylic acid groups (broad SMARTS) is 1. The van der Waals surface area contributed by atoms with Gasteiger partial charge in [-0.3, -0.25) is 9.59 Å². The number of nitrogens with zero attached hydrogens (tertiary/aromatic N) is 1. The number of methoxy groups -OCH3 is 1. The van der Waals surface area contributed by atoms with Crippen LogP contribution in [0.5, 0.6) is 0 Å². The molecule has 5 unspecified atom stereocenters. The molecule has 0 aromatic carbocycles. The molecule has 5 nitrogen and oxygen atoms in total. The zero-order chi connectivity index (χ0) is 14.3. The number of aliphatic carboxylic acids is 1. The van der Waals surface area contributed by atoms with Gasteiger partial charge in [-0.1, -0.05) is 12.2 Å². The summed E-state index contributed by atoms with van der Waals surface area (Å²) in [5.41, 5.74) is 0. The Bertz CT molecular complexity index is 447. The largest absolute Gasteiger partial charge is 0.481 e. The third kappa shape index (κ3) is 2.14. The molecule has 5 heteroatoms. The van der Waals surface area contributed by atoms with Gasteiger partial charge in [-0.2, -0.15) is 0 Å². The summed E-state index contributed by atoms with van der Waals surface area (Å²) in [5.74, 6) is -1.12. The van der Waals surface area contributed by atoms with Gasteiger partial charge in [-0.15, -0.1) is 0 Å². The first-order valence-corrected chi connectivity index (χ1v) is 7.30. The minimum absolute atomic E-state index is 0.0350. The number of carbonyl (C=O) groups is 2. The topological polar surface area (TPSA) is 66.8 Å². The SMILES string of the molecule is COCC1CCN(C(=O)C2C3C=CC(C3)C2C(=O)O)C1. The molecular formula is C15H21NO4. The summed E-state index contributed by atoms with van der Waals surface area (Å²) in [6.07, 6.45) is 5.79. The van der Waals surface area contributed by atoms with Crippen molar-refractivity contribution in [2.75, 3.05) is 26.8 Å². The van der Waals surface area contributed by atoms with Gasteiger partial charge in [0.15, 0.2) is 0 Å². The molecule has 2 bridgehead atoms. The molecule has 1 heterocycles. The maximum Gasteiger partial charge on any atom is 0.307 e. The Balaban J connectivity index is 1.71. The van der Waals surface area contributed by atoms with Crippen LogP contribution in [0.2, 0.25) is 0 Å². The van der Waals surface area contributed by atoms with Crippen LogP contribution in [0.1, 0.15) is 12.8 Å². The molecule has 20 heavy (non-hydrogen) atoms. The van der Waals surface area contributed by atoms with Gasteiger partial charge in [0.1, 0.15) is 0 Å². The highest BCUT2D eigenvalue weighted by Crippen LogP contribution is 2.49. The Morgan fingerprint density at radius 3 is 2.65 bits per heavy atom. The van der Waals surface area contributed by atoms with Crippen LogP contribution in [-0.4, -0.2) is 48.7 Å². The lowest BCUT2D eigenvalue weighted by Gasteiger charge is -2.28. The monoisotopic (exact) mass is 279 g/mol. The molecule has 5 atom stereocenters. The molecule has 1 saturated carbocycles. The van der Waals surface area contributed by atoms with Gasteiger partial charge < -0.3 is 14.7 Å². The highest BCUT2D eigenvalue weighted by Gasteiger charge is 2.53. The second-order valence-electron chi connectivity index (χ2n) is 6.23. The standard InChI is InChI=1S/C15H21NO4/c1-20-8-9-4-5-16(7-9)14(17)12-10-2-3-11(6-10)13(12)15(18)19/h2-3,9-13H,4-8H2,1H3,(H,18,19). The van der Waals surface area contributed by atoms with E-state index in [1.807, 2.05) is 17.1 Å². The van der Waals surface area contributed by atoms with Crippen molar-refractivity contribution >= 4 is 11.9 Å². The van der Waals surface area contributed by atoms with Crippen LogP contribution in [-0.2, 0) is 14.3 Å². The molecule has 0 aromatic heterocycles. The van der Waals surface area contributed by atoms with Crippen molar-refractivity contribution in [3.05, 3.63) is 12.2 Å². The first-order chi connectivity index (χ1) is 9.61.